The molecule has 0 aromatic heterocycles. The number of unbranched alkanes of at least 4 members (excludes halogenated alkanes) is 4. The molecule has 10 amide bonds. The third-order valence-electron chi connectivity index (χ3n) is 12.2. The molecule has 0 bridgehead atoms. The molecule has 13 N–H and O–H groups in total. The number of likely N-dealkylation sites (N-methyl/N-ethyl adjacent to an activating group) is 1. The zero-order valence-corrected chi connectivity index (χ0v) is 44.1. The molecule has 2 aliphatic heterocycles. The van der Waals surface area contributed by atoms with Crippen LogP contribution >= 0.6 is 11.8 Å². The van der Waals surface area contributed by atoms with Gasteiger partial charge in [-0.05, 0) is 84.1 Å². The predicted molar refractivity (Wildman–Crippen MR) is 275 cm³/mol. The number of rotatable bonds is 46. The van der Waals surface area contributed by atoms with E-state index in [-0.39, 0.29) is 151 Å². The molecule has 24 nitrogen and oxygen atoms in total. The highest BCUT2D eigenvalue weighted by Crippen LogP contribution is 2.33. The van der Waals surface area contributed by atoms with Gasteiger partial charge in [0, 0.05) is 68.9 Å². The normalized spacial score (nSPS) is 17.0. The van der Waals surface area contributed by atoms with Crippen molar-refractivity contribution in [3.63, 3.8) is 0 Å². The zero-order valence-electron chi connectivity index (χ0n) is 43.3. The summed E-state index contributed by atoms with van der Waals surface area (Å²) in [5.74, 6) is -1.42. The fourth-order valence-electron chi connectivity index (χ4n) is 8.02. The standard InChI is InChI=1S/C48H87N11O13S/c1-3-34(45(49)65)13-6-9-21-53-42(63)31-71-29-28-70-26-24-55-43(64)32-72-30-27-69-25-23-54-40(61)19-12-18-39(60)52-20-10-8-15-36(47(67)56-22-11-7-14-35(51-2)46(50)66)57-41(62)17-5-4-16-38-44-37(33-73-38)58-48(68)59-44/h34-38,44,51H,3-33H2,1-2H3,(H2,49,65)(H2,50,66)(H,52,60)(H,53,63)(H,54,61)(H,55,64)(H,56,67)(H,57,62)(H2,58,59,68)/t34-,35-,36-,37-,38-,44-/m0/s1. The SMILES string of the molecule is CC[C@@H](CCCCNC(=O)COCCOCCNC(=O)COCCOCCNC(=O)CCCC(=O)NCCCC[C@H](NC(=O)CCCC[C@@H]1SC[C@@H]2NC(=O)N[C@@H]21)C(=O)NCCCC[C@H](NC)C(N)=O)C(N)=O. The minimum absolute atomic E-state index is 0.0859. The number of hydrogen-bond acceptors (Lipinski definition) is 15. The number of ether oxygens (including phenoxy) is 4. The van der Waals surface area contributed by atoms with Gasteiger partial charge in [-0.1, -0.05) is 19.8 Å². The molecule has 418 valence electrons. The highest BCUT2D eigenvalue weighted by Gasteiger charge is 2.42. The number of amides is 10. The van der Waals surface area contributed by atoms with Crippen LogP contribution in [0.15, 0.2) is 0 Å². The fourth-order valence-corrected chi connectivity index (χ4v) is 9.57. The summed E-state index contributed by atoms with van der Waals surface area (Å²) in [6.07, 6.45) is 9.68. The van der Waals surface area contributed by atoms with Crippen molar-refractivity contribution in [1.82, 2.24) is 47.9 Å². The van der Waals surface area contributed by atoms with Crippen LogP contribution in [-0.2, 0) is 57.3 Å². The number of primary amides is 2. The monoisotopic (exact) mass is 1060 g/mol. The van der Waals surface area contributed by atoms with Crippen LogP contribution in [0.2, 0.25) is 0 Å². The molecule has 0 saturated carbocycles. The Kier molecular flexibility index (Phi) is 35.7. The van der Waals surface area contributed by atoms with Gasteiger partial charge < -0.3 is 78.3 Å². The minimum atomic E-state index is -0.744. The number of carbonyl (C=O) groups excluding carboxylic acids is 9. The van der Waals surface area contributed by atoms with Gasteiger partial charge >= 0.3 is 6.03 Å². The van der Waals surface area contributed by atoms with E-state index in [4.69, 9.17) is 30.4 Å². The Morgan fingerprint density at radius 1 is 0.575 bits per heavy atom. The number of nitrogens with two attached hydrogens (primary N) is 2. The van der Waals surface area contributed by atoms with Crippen LogP contribution in [0, 0.1) is 5.92 Å². The van der Waals surface area contributed by atoms with Crippen LogP contribution in [-0.4, -0.2) is 181 Å². The van der Waals surface area contributed by atoms with Gasteiger partial charge in [0.05, 0.1) is 57.8 Å². The first-order chi connectivity index (χ1) is 35.2. The van der Waals surface area contributed by atoms with E-state index in [0.29, 0.717) is 89.1 Å². The molecular weight excluding hydrogens is 971 g/mol. The van der Waals surface area contributed by atoms with Crippen molar-refractivity contribution in [3.05, 3.63) is 0 Å². The second-order valence-electron chi connectivity index (χ2n) is 18.1. The third-order valence-corrected chi connectivity index (χ3v) is 13.7. The van der Waals surface area contributed by atoms with E-state index < -0.39 is 18.0 Å². The molecule has 25 heteroatoms. The fraction of sp³-hybridized carbons (Fsp3) is 0.812. The summed E-state index contributed by atoms with van der Waals surface area (Å²) in [4.78, 5) is 109. The summed E-state index contributed by atoms with van der Waals surface area (Å²) in [6, 6.07) is -1.05. The molecule has 2 fully saturated rings. The second-order valence-corrected chi connectivity index (χ2v) is 19.4. The quantitative estimate of drug-likeness (QED) is 0.0260. The summed E-state index contributed by atoms with van der Waals surface area (Å²) in [7, 11) is 1.67. The second kappa shape index (κ2) is 40.6. The number of thioether (sulfide) groups is 1. The Bertz CT molecular complexity index is 1670. The Balaban J connectivity index is 1.46. The van der Waals surface area contributed by atoms with Crippen LogP contribution in [0.1, 0.15) is 116 Å². The van der Waals surface area contributed by atoms with E-state index in [1.165, 1.54) is 0 Å². The van der Waals surface area contributed by atoms with Gasteiger partial charge in [0.2, 0.25) is 47.3 Å². The minimum Gasteiger partial charge on any atom is -0.377 e. The number of nitrogens with one attached hydrogen (secondary N) is 9. The molecule has 2 heterocycles. The van der Waals surface area contributed by atoms with Crippen molar-refractivity contribution < 1.29 is 62.1 Å². The van der Waals surface area contributed by atoms with Crippen LogP contribution in [0.5, 0.6) is 0 Å². The van der Waals surface area contributed by atoms with Crippen LogP contribution in [0.4, 0.5) is 4.79 Å². The Hall–Kier alpha value is -4.82. The molecule has 6 atom stereocenters. The smallest absolute Gasteiger partial charge is 0.315 e. The summed E-state index contributed by atoms with van der Waals surface area (Å²) in [6.45, 7) is 4.90. The lowest BCUT2D eigenvalue weighted by molar-refractivity contribution is -0.129. The van der Waals surface area contributed by atoms with E-state index in [9.17, 15) is 43.2 Å². The van der Waals surface area contributed by atoms with Crippen molar-refractivity contribution in [1.29, 1.82) is 0 Å². The van der Waals surface area contributed by atoms with Crippen molar-refractivity contribution in [3.8, 4) is 0 Å². The van der Waals surface area contributed by atoms with E-state index in [2.05, 4.69) is 47.9 Å². The number of urea groups is 1. The number of hydrogen-bond donors (Lipinski definition) is 11. The van der Waals surface area contributed by atoms with Crippen molar-refractivity contribution >= 4 is 65.1 Å². The van der Waals surface area contributed by atoms with Crippen LogP contribution < -0.4 is 59.3 Å². The van der Waals surface area contributed by atoms with Gasteiger partial charge in [-0.2, -0.15) is 11.8 Å². The molecule has 0 unspecified atom stereocenters. The largest absolute Gasteiger partial charge is 0.377 e. The summed E-state index contributed by atoms with van der Waals surface area (Å²) < 4.78 is 21.4. The first kappa shape index (κ1) is 64.3. The van der Waals surface area contributed by atoms with Gasteiger partial charge in [0.15, 0.2) is 0 Å². The lowest BCUT2D eigenvalue weighted by Crippen LogP contribution is -2.47. The number of carbonyl (C=O) groups is 9. The van der Waals surface area contributed by atoms with Crippen molar-refractivity contribution in [2.24, 2.45) is 17.4 Å². The summed E-state index contributed by atoms with van der Waals surface area (Å²) >= 11 is 1.83. The first-order valence-corrected chi connectivity index (χ1v) is 27.2. The van der Waals surface area contributed by atoms with Gasteiger partial charge in [-0.15, -0.1) is 0 Å². The summed E-state index contributed by atoms with van der Waals surface area (Å²) in [5, 5.41) is 25.9. The average molecular weight is 1060 g/mol. The van der Waals surface area contributed by atoms with Crippen LogP contribution in [0.25, 0.3) is 0 Å². The Morgan fingerprint density at radius 2 is 1.10 bits per heavy atom. The molecule has 2 rings (SSSR count). The molecule has 0 aromatic rings. The molecule has 0 aromatic carbocycles. The highest BCUT2D eigenvalue weighted by molar-refractivity contribution is 8.00. The highest BCUT2D eigenvalue weighted by atomic mass is 32.2. The van der Waals surface area contributed by atoms with Crippen LogP contribution in [0.3, 0.4) is 0 Å². The Morgan fingerprint density at radius 3 is 1.67 bits per heavy atom. The van der Waals surface area contributed by atoms with E-state index in [0.717, 1.165) is 31.4 Å². The molecule has 0 radical (unpaired) electrons. The molecule has 0 spiro atoms. The molecule has 2 saturated heterocycles. The van der Waals surface area contributed by atoms with E-state index in [1.807, 2.05) is 18.7 Å². The van der Waals surface area contributed by atoms with Gasteiger partial charge in [0.25, 0.3) is 0 Å². The maximum atomic E-state index is 13.2. The van der Waals surface area contributed by atoms with Gasteiger partial charge in [0.1, 0.15) is 19.3 Å². The van der Waals surface area contributed by atoms with Gasteiger partial charge in [-0.3, -0.25) is 38.4 Å². The number of fused-ring (bicyclic) bond motifs is 1. The average Bonchev–Trinajstić information content (AvgIpc) is 3.92. The molecule has 2 aliphatic rings. The maximum absolute atomic E-state index is 13.2. The molecule has 0 aliphatic carbocycles. The van der Waals surface area contributed by atoms with Crippen molar-refractivity contribution in [2.45, 2.75) is 145 Å². The predicted octanol–water partition coefficient (Wildman–Crippen LogP) is -0.890. The van der Waals surface area contributed by atoms with Gasteiger partial charge in [-0.25, -0.2) is 4.79 Å². The lowest BCUT2D eigenvalue weighted by atomic mass is 9.99. The lowest BCUT2D eigenvalue weighted by Gasteiger charge is -2.19. The first-order valence-electron chi connectivity index (χ1n) is 26.1. The third kappa shape index (κ3) is 31.5. The molecular formula is C48H87N11O13S. The van der Waals surface area contributed by atoms with Crippen molar-refractivity contribution in [2.75, 3.05) is 98.4 Å². The van der Waals surface area contributed by atoms with E-state index in [1.54, 1.807) is 7.05 Å². The van der Waals surface area contributed by atoms with E-state index >= 15 is 0 Å². The zero-order chi connectivity index (χ0) is 53.5. The summed E-state index contributed by atoms with van der Waals surface area (Å²) in [5.41, 5.74) is 10.7. The maximum Gasteiger partial charge on any atom is 0.315 e. The Labute approximate surface area is 435 Å². The topological polar surface area (TPSA) is 351 Å². The molecule has 73 heavy (non-hydrogen) atoms.